The number of benzene rings is 2. The van der Waals surface area contributed by atoms with Crippen LogP contribution in [0.15, 0.2) is 39.5 Å². The molecule has 0 saturated heterocycles. The Morgan fingerprint density at radius 1 is 0.846 bits per heavy atom. The fourth-order valence-electron chi connectivity index (χ4n) is 2.71. The second-order valence-corrected chi connectivity index (χ2v) is 5.38. The van der Waals surface area contributed by atoms with Gasteiger partial charge in [-0.2, -0.15) is 0 Å². The van der Waals surface area contributed by atoms with E-state index in [2.05, 4.69) is 0 Å². The number of methoxy groups -OCH3 is 4. The van der Waals surface area contributed by atoms with Gasteiger partial charge in [-0.3, -0.25) is 4.79 Å². The van der Waals surface area contributed by atoms with Crippen LogP contribution in [0.3, 0.4) is 0 Å². The summed E-state index contributed by atoms with van der Waals surface area (Å²) in [5, 5.41) is 10.4. The van der Waals surface area contributed by atoms with Crippen LogP contribution in [0.5, 0.6) is 28.7 Å². The second kappa shape index (κ2) is 6.87. The van der Waals surface area contributed by atoms with Crippen molar-refractivity contribution in [2.45, 2.75) is 0 Å². The Morgan fingerprint density at radius 3 is 2.00 bits per heavy atom. The fraction of sp³-hybridized carbons (Fsp3) is 0.211. The third-order valence-electron chi connectivity index (χ3n) is 4.00. The Bertz CT molecular complexity index is 995. The van der Waals surface area contributed by atoms with E-state index in [-0.39, 0.29) is 34.0 Å². The van der Waals surface area contributed by atoms with E-state index in [1.807, 2.05) is 0 Å². The first-order valence-corrected chi connectivity index (χ1v) is 7.68. The topological polar surface area (TPSA) is 87.4 Å². The van der Waals surface area contributed by atoms with Crippen molar-refractivity contribution in [3.8, 4) is 40.1 Å². The molecular formula is C19H18O7. The number of aromatic hydroxyl groups is 1. The lowest BCUT2D eigenvalue weighted by Gasteiger charge is -2.13. The molecule has 7 heteroatoms. The normalized spacial score (nSPS) is 10.6. The lowest BCUT2D eigenvalue weighted by Crippen LogP contribution is -2.02. The maximum Gasteiger partial charge on any atom is 0.204 e. The van der Waals surface area contributed by atoms with Gasteiger partial charge in [-0.1, -0.05) is 0 Å². The van der Waals surface area contributed by atoms with Gasteiger partial charge in [-0.05, 0) is 24.3 Å². The first kappa shape index (κ1) is 17.5. The van der Waals surface area contributed by atoms with Crippen LogP contribution < -0.4 is 24.4 Å². The summed E-state index contributed by atoms with van der Waals surface area (Å²) in [6.45, 7) is 0. The molecule has 0 unspecified atom stereocenters. The molecule has 136 valence electrons. The molecule has 3 rings (SSSR count). The summed E-state index contributed by atoms with van der Waals surface area (Å²) in [4.78, 5) is 12.5. The molecule has 0 bridgehead atoms. The summed E-state index contributed by atoms with van der Waals surface area (Å²) in [6.07, 6.45) is 0. The molecular weight excluding hydrogens is 340 g/mol. The van der Waals surface area contributed by atoms with Gasteiger partial charge in [-0.25, -0.2) is 0 Å². The zero-order valence-corrected chi connectivity index (χ0v) is 14.8. The Hall–Kier alpha value is -3.35. The van der Waals surface area contributed by atoms with Crippen LogP contribution in [0.4, 0.5) is 0 Å². The average Bonchev–Trinajstić information content (AvgIpc) is 2.66. The number of hydrogen-bond acceptors (Lipinski definition) is 7. The van der Waals surface area contributed by atoms with Crippen molar-refractivity contribution < 1.29 is 28.5 Å². The van der Waals surface area contributed by atoms with Gasteiger partial charge in [0.15, 0.2) is 28.3 Å². The van der Waals surface area contributed by atoms with Crippen LogP contribution in [-0.4, -0.2) is 33.5 Å². The van der Waals surface area contributed by atoms with Gasteiger partial charge in [0.1, 0.15) is 5.76 Å². The Labute approximate surface area is 149 Å². The van der Waals surface area contributed by atoms with E-state index < -0.39 is 0 Å². The van der Waals surface area contributed by atoms with Crippen molar-refractivity contribution in [3.05, 3.63) is 40.6 Å². The lowest BCUT2D eigenvalue weighted by molar-refractivity contribution is 0.340. The summed E-state index contributed by atoms with van der Waals surface area (Å²) in [5.74, 6) is 1.29. The molecule has 1 heterocycles. The monoisotopic (exact) mass is 358 g/mol. The number of hydrogen-bond donors (Lipinski definition) is 1. The maximum atomic E-state index is 12.5. The predicted octanol–water partition coefficient (Wildman–Crippen LogP) is 3.20. The Morgan fingerprint density at radius 2 is 1.46 bits per heavy atom. The highest BCUT2D eigenvalue weighted by Crippen LogP contribution is 2.41. The molecule has 0 aliphatic heterocycles. The van der Waals surface area contributed by atoms with Crippen molar-refractivity contribution in [2.24, 2.45) is 0 Å². The Balaban J connectivity index is 2.31. The molecule has 7 nitrogen and oxygen atoms in total. The minimum Gasteiger partial charge on any atom is -0.502 e. The number of phenolic OH excluding ortho intramolecular Hbond substituents is 1. The summed E-state index contributed by atoms with van der Waals surface area (Å²) in [5.41, 5.74) is 0.522. The first-order chi connectivity index (χ1) is 12.5. The van der Waals surface area contributed by atoms with Gasteiger partial charge in [0.25, 0.3) is 0 Å². The summed E-state index contributed by atoms with van der Waals surface area (Å²) >= 11 is 0. The number of rotatable bonds is 5. The van der Waals surface area contributed by atoms with Gasteiger partial charge in [0, 0.05) is 11.6 Å². The summed E-state index contributed by atoms with van der Waals surface area (Å²) < 4.78 is 26.9. The SMILES string of the molecule is COc1cc(-c2cc(=O)c3ccc(OC)c(OC)c3o2)cc(OC)c1O. The maximum absolute atomic E-state index is 12.5. The van der Waals surface area contributed by atoms with Gasteiger partial charge in [0.05, 0.1) is 33.8 Å². The molecule has 0 aliphatic rings. The molecule has 2 aromatic carbocycles. The van der Waals surface area contributed by atoms with E-state index in [1.165, 1.54) is 34.5 Å². The first-order valence-electron chi connectivity index (χ1n) is 7.68. The van der Waals surface area contributed by atoms with Crippen LogP contribution >= 0.6 is 0 Å². The van der Waals surface area contributed by atoms with E-state index in [0.29, 0.717) is 22.4 Å². The van der Waals surface area contributed by atoms with Crippen LogP contribution in [0.25, 0.3) is 22.3 Å². The van der Waals surface area contributed by atoms with Crippen LogP contribution in [0.1, 0.15) is 0 Å². The number of phenols is 1. The van der Waals surface area contributed by atoms with Crippen LogP contribution in [0.2, 0.25) is 0 Å². The molecule has 1 aromatic heterocycles. The van der Waals surface area contributed by atoms with Gasteiger partial charge in [-0.15, -0.1) is 0 Å². The highest BCUT2D eigenvalue weighted by Gasteiger charge is 2.18. The van der Waals surface area contributed by atoms with E-state index in [1.54, 1.807) is 24.3 Å². The molecule has 0 atom stereocenters. The zero-order chi connectivity index (χ0) is 18.8. The molecule has 0 saturated carbocycles. The van der Waals surface area contributed by atoms with Crippen molar-refractivity contribution in [1.82, 2.24) is 0 Å². The zero-order valence-electron chi connectivity index (χ0n) is 14.8. The predicted molar refractivity (Wildman–Crippen MR) is 95.8 cm³/mol. The lowest BCUT2D eigenvalue weighted by atomic mass is 10.1. The Kier molecular flexibility index (Phi) is 4.62. The van der Waals surface area contributed by atoms with Gasteiger partial charge >= 0.3 is 0 Å². The second-order valence-electron chi connectivity index (χ2n) is 5.38. The summed E-state index contributed by atoms with van der Waals surface area (Å²) in [7, 11) is 5.81. The number of ether oxygens (including phenoxy) is 4. The van der Waals surface area contributed by atoms with Gasteiger partial charge < -0.3 is 28.5 Å². The molecule has 1 N–H and O–H groups in total. The highest BCUT2D eigenvalue weighted by molar-refractivity contribution is 5.87. The molecule has 26 heavy (non-hydrogen) atoms. The minimum absolute atomic E-state index is 0.138. The van der Waals surface area contributed by atoms with E-state index in [4.69, 9.17) is 23.4 Å². The van der Waals surface area contributed by atoms with Crippen molar-refractivity contribution in [2.75, 3.05) is 28.4 Å². The standard InChI is InChI=1S/C19H18O7/c1-22-13-6-5-11-12(20)9-14(26-18(11)19(13)25-4)10-7-15(23-2)17(21)16(8-10)24-3/h5-9,21H,1-4H3. The van der Waals surface area contributed by atoms with E-state index in [0.717, 1.165) is 0 Å². The highest BCUT2D eigenvalue weighted by atomic mass is 16.5. The third kappa shape index (κ3) is 2.77. The molecule has 0 spiro atoms. The molecule has 0 fully saturated rings. The molecule has 0 amide bonds. The minimum atomic E-state index is -0.242. The largest absolute Gasteiger partial charge is 0.502 e. The number of fused-ring (bicyclic) bond motifs is 1. The molecule has 0 aliphatic carbocycles. The van der Waals surface area contributed by atoms with Gasteiger partial charge in [0.2, 0.25) is 11.5 Å². The average molecular weight is 358 g/mol. The van der Waals surface area contributed by atoms with Crippen LogP contribution in [0, 0.1) is 0 Å². The van der Waals surface area contributed by atoms with E-state index >= 15 is 0 Å². The van der Waals surface area contributed by atoms with E-state index in [9.17, 15) is 9.90 Å². The molecule has 3 aromatic rings. The fourth-order valence-corrected chi connectivity index (χ4v) is 2.71. The van der Waals surface area contributed by atoms with Crippen molar-refractivity contribution in [1.29, 1.82) is 0 Å². The quantitative estimate of drug-likeness (QED) is 0.749. The van der Waals surface area contributed by atoms with Crippen molar-refractivity contribution in [3.63, 3.8) is 0 Å². The van der Waals surface area contributed by atoms with Crippen LogP contribution in [-0.2, 0) is 0 Å². The molecule has 0 radical (unpaired) electrons. The van der Waals surface area contributed by atoms with Crippen molar-refractivity contribution >= 4 is 11.0 Å². The summed E-state index contributed by atoms with van der Waals surface area (Å²) in [6, 6.07) is 7.72. The third-order valence-corrected chi connectivity index (χ3v) is 4.00. The smallest absolute Gasteiger partial charge is 0.204 e.